The van der Waals surface area contributed by atoms with Crippen LogP contribution >= 0.6 is 0 Å². The molecule has 0 saturated carbocycles. The van der Waals surface area contributed by atoms with Gasteiger partial charge >= 0.3 is 0 Å². The molecule has 70 heavy (non-hydrogen) atoms. The maximum atomic E-state index is 6.34. The zero-order chi connectivity index (χ0) is 46.4. The van der Waals surface area contributed by atoms with Gasteiger partial charge in [-0.15, -0.1) is 0 Å². The Morgan fingerprint density at radius 3 is 1.34 bits per heavy atom. The van der Waals surface area contributed by atoms with E-state index in [2.05, 4.69) is 266 Å². The van der Waals surface area contributed by atoms with E-state index >= 15 is 0 Å². The Bertz CT molecular complexity index is 3970. The topological polar surface area (TPSA) is 16.4 Å². The number of para-hydroxylation sites is 2. The lowest BCUT2D eigenvalue weighted by Gasteiger charge is -2.31. The average Bonchev–Trinajstić information content (AvgIpc) is 3.83. The molecule has 0 aliphatic rings. The molecule has 0 spiro atoms. The normalized spacial score (nSPS) is 11.4. The van der Waals surface area contributed by atoms with Crippen LogP contribution in [0.15, 0.2) is 277 Å². The SMILES string of the molecule is c1ccc(-c2cccc(-c3ccccc3)c2N(c2ccc(-c3cccc4oc5ccccc5c34)cc2)c2cccc(-c3ccc4c(c3)c(-c3ccccc3)c(-c3ccccc3)c3ccccc34)c2)cc1. The summed E-state index contributed by atoms with van der Waals surface area (Å²) >= 11 is 0. The van der Waals surface area contributed by atoms with Crippen molar-refractivity contribution in [2.75, 3.05) is 4.90 Å². The standard InChI is InChI=1S/C68H45NO/c1-5-20-46(21-6-1)56-34-18-35-57(47-22-7-2-8-23-47)68(56)69(53-41-38-48(39-42-53)55-33-19-37-64-67(55)61-32-15-16-36-63(61)70-64)54-29-17-28-51(44-54)52-40-43-59-58-30-13-14-31-60(58)65(49-24-9-3-10-25-49)66(62(59)45-52)50-26-11-4-12-27-50/h1-45H. The summed E-state index contributed by atoms with van der Waals surface area (Å²) in [4.78, 5) is 2.46. The van der Waals surface area contributed by atoms with Crippen LogP contribution in [0.5, 0.6) is 0 Å². The Labute approximate surface area is 407 Å². The fourth-order valence-electron chi connectivity index (χ4n) is 10.7. The zero-order valence-electron chi connectivity index (χ0n) is 38.3. The van der Waals surface area contributed by atoms with Gasteiger partial charge < -0.3 is 9.32 Å². The van der Waals surface area contributed by atoms with Crippen molar-refractivity contribution in [3.05, 3.63) is 273 Å². The smallest absolute Gasteiger partial charge is 0.136 e. The van der Waals surface area contributed by atoms with Gasteiger partial charge in [0.1, 0.15) is 11.2 Å². The van der Waals surface area contributed by atoms with Gasteiger partial charge in [-0.3, -0.25) is 0 Å². The van der Waals surface area contributed by atoms with E-state index in [0.29, 0.717) is 0 Å². The molecule has 0 aliphatic carbocycles. The van der Waals surface area contributed by atoms with Crippen LogP contribution in [-0.4, -0.2) is 0 Å². The molecular formula is C68H45NO. The molecule has 1 heterocycles. The molecule has 0 bridgehead atoms. The van der Waals surface area contributed by atoms with E-state index in [4.69, 9.17) is 4.42 Å². The monoisotopic (exact) mass is 891 g/mol. The maximum absolute atomic E-state index is 6.34. The molecule has 1 aromatic heterocycles. The number of hydrogen-bond donors (Lipinski definition) is 0. The van der Waals surface area contributed by atoms with Crippen molar-refractivity contribution in [3.63, 3.8) is 0 Å². The van der Waals surface area contributed by atoms with Gasteiger partial charge in [0.2, 0.25) is 0 Å². The molecule has 2 heteroatoms. The van der Waals surface area contributed by atoms with Gasteiger partial charge in [0, 0.05) is 33.3 Å². The largest absolute Gasteiger partial charge is 0.456 e. The fourth-order valence-corrected chi connectivity index (χ4v) is 10.7. The molecule has 0 amide bonds. The van der Waals surface area contributed by atoms with Crippen molar-refractivity contribution in [1.82, 2.24) is 0 Å². The van der Waals surface area contributed by atoms with E-state index in [1.165, 1.54) is 43.8 Å². The highest BCUT2D eigenvalue weighted by Crippen LogP contribution is 2.49. The van der Waals surface area contributed by atoms with Crippen molar-refractivity contribution in [2.45, 2.75) is 0 Å². The third-order valence-corrected chi connectivity index (χ3v) is 13.9. The Morgan fingerprint density at radius 1 is 0.243 bits per heavy atom. The van der Waals surface area contributed by atoms with E-state index in [9.17, 15) is 0 Å². The summed E-state index contributed by atoms with van der Waals surface area (Å²) in [7, 11) is 0. The van der Waals surface area contributed by atoms with Crippen LogP contribution < -0.4 is 4.90 Å². The summed E-state index contributed by atoms with van der Waals surface area (Å²) in [6.45, 7) is 0. The lowest BCUT2D eigenvalue weighted by Crippen LogP contribution is -2.13. The molecule has 0 fully saturated rings. The van der Waals surface area contributed by atoms with Crippen LogP contribution in [-0.2, 0) is 0 Å². The molecule has 328 valence electrons. The zero-order valence-corrected chi connectivity index (χ0v) is 38.3. The Hall–Kier alpha value is -9.24. The number of furan rings is 1. The second-order valence-electron chi connectivity index (χ2n) is 17.9. The van der Waals surface area contributed by atoms with Crippen molar-refractivity contribution in [3.8, 4) is 66.8 Å². The van der Waals surface area contributed by atoms with Crippen molar-refractivity contribution in [1.29, 1.82) is 0 Å². The van der Waals surface area contributed by atoms with Gasteiger partial charge in [0.15, 0.2) is 0 Å². The van der Waals surface area contributed by atoms with Crippen molar-refractivity contribution in [2.24, 2.45) is 0 Å². The van der Waals surface area contributed by atoms with E-state index in [1.807, 2.05) is 12.1 Å². The molecular weight excluding hydrogens is 847 g/mol. The first-order valence-electron chi connectivity index (χ1n) is 24.0. The minimum absolute atomic E-state index is 0.888. The molecule has 0 aliphatic heterocycles. The molecule has 13 aromatic rings. The van der Waals surface area contributed by atoms with Crippen molar-refractivity contribution < 1.29 is 4.42 Å². The molecule has 2 nitrogen and oxygen atoms in total. The Kier molecular flexibility index (Phi) is 10.2. The molecule has 0 atom stereocenters. The Morgan fingerprint density at radius 2 is 0.686 bits per heavy atom. The summed E-state index contributed by atoms with van der Waals surface area (Å²) in [6, 6.07) is 98.8. The van der Waals surface area contributed by atoms with Crippen molar-refractivity contribution >= 4 is 60.5 Å². The molecule has 0 saturated heterocycles. The van der Waals surface area contributed by atoms with Crippen LogP contribution in [0.25, 0.3) is 110 Å². The number of benzene rings is 12. The van der Waals surface area contributed by atoms with Gasteiger partial charge in [-0.1, -0.05) is 231 Å². The second kappa shape index (κ2) is 17.4. The van der Waals surface area contributed by atoms with Crippen LogP contribution in [0.4, 0.5) is 17.1 Å². The maximum Gasteiger partial charge on any atom is 0.136 e. The molecule has 12 aromatic carbocycles. The lowest BCUT2D eigenvalue weighted by molar-refractivity contribution is 0.669. The number of fused-ring (bicyclic) bond motifs is 6. The fraction of sp³-hybridized carbons (Fsp3) is 0. The number of rotatable bonds is 9. The number of nitrogens with zero attached hydrogens (tertiary/aromatic N) is 1. The van der Waals surface area contributed by atoms with Crippen LogP contribution in [0.1, 0.15) is 0 Å². The third kappa shape index (κ3) is 7.13. The first kappa shape index (κ1) is 41.0. The first-order valence-corrected chi connectivity index (χ1v) is 24.0. The van der Waals surface area contributed by atoms with Gasteiger partial charge in [-0.05, 0) is 120 Å². The van der Waals surface area contributed by atoms with E-state index < -0.39 is 0 Å². The minimum atomic E-state index is 0.888. The van der Waals surface area contributed by atoms with Gasteiger partial charge in [0.05, 0.1) is 5.69 Å². The summed E-state index contributed by atoms with van der Waals surface area (Å²) < 4.78 is 6.34. The van der Waals surface area contributed by atoms with Crippen LogP contribution in [0, 0.1) is 0 Å². The highest BCUT2D eigenvalue weighted by atomic mass is 16.3. The van der Waals surface area contributed by atoms with Gasteiger partial charge in [-0.2, -0.15) is 0 Å². The number of hydrogen-bond acceptors (Lipinski definition) is 2. The second-order valence-corrected chi connectivity index (χ2v) is 17.9. The summed E-state index contributed by atoms with van der Waals surface area (Å²) in [5.41, 5.74) is 19.0. The van der Waals surface area contributed by atoms with Gasteiger partial charge in [-0.25, -0.2) is 0 Å². The molecule has 0 radical (unpaired) electrons. The number of anilines is 3. The highest BCUT2D eigenvalue weighted by Gasteiger charge is 2.24. The predicted molar refractivity (Wildman–Crippen MR) is 296 cm³/mol. The predicted octanol–water partition coefficient (Wildman–Crippen LogP) is 19.4. The molecule has 0 N–H and O–H groups in total. The average molecular weight is 892 g/mol. The van der Waals surface area contributed by atoms with Gasteiger partial charge in [0.25, 0.3) is 0 Å². The third-order valence-electron chi connectivity index (χ3n) is 13.9. The quantitative estimate of drug-likeness (QED) is 0.134. The summed E-state index contributed by atoms with van der Waals surface area (Å²) in [5.74, 6) is 0. The minimum Gasteiger partial charge on any atom is -0.456 e. The van der Waals surface area contributed by atoms with Crippen LogP contribution in [0.3, 0.4) is 0 Å². The summed E-state index contributed by atoms with van der Waals surface area (Å²) in [6.07, 6.45) is 0. The van der Waals surface area contributed by atoms with E-state index in [-0.39, 0.29) is 0 Å². The van der Waals surface area contributed by atoms with E-state index in [1.54, 1.807) is 0 Å². The van der Waals surface area contributed by atoms with Crippen LogP contribution in [0.2, 0.25) is 0 Å². The summed E-state index contributed by atoms with van der Waals surface area (Å²) in [5, 5.41) is 7.20. The highest BCUT2D eigenvalue weighted by molar-refractivity contribution is 6.22. The molecule has 0 unspecified atom stereocenters. The van der Waals surface area contributed by atoms with E-state index in [0.717, 1.165) is 83.5 Å². The molecule has 13 rings (SSSR count). The Balaban J connectivity index is 1.04. The lowest BCUT2D eigenvalue weighted by atomic mass is 9.84. The first-order chi connectivity index (χ1) is 34.7.